The Kier molecular flexibility index (Phi) is 7.41. The van der Waals surface area contributed by atoms with Gasteiger partial charge in [-0.1, -0.05) is 62.2 Å². The molecule has 0 fully saturated rings. The molecule has 10 heteroatoms. The van der Waals surface area contributed by atoms with Gasteiger partial charge < -0.3 is 14.2 Å². The molecular weight excluding hydrogens is 523 g/mol. The van der Waals surface area contributed by atoms with Gasteiger partial charge in [-0.3, -0.25) is 0 Å². The zero-order valence-corrected chi connectivity index (χ0v) is 22.6. The molecule has 0 aliphatic heterocycles. The van der Waals surface area contributed by atoms with Crippen LogP contribution in [0.25, 0.3) is 10.9 Å². The van der Waals surface area contributed by atoms with Crippen LogP contribution in [0, 0.1) is 0 Å². The van der Waals surface area contributed by atoms with E-state index in [0.29, 0.717) is 32.4 Å². The first-order chi connectivity index (χ1) is 17.0. The highest BCUT2D eigenvalue weighted by Crippen LogP contribution is 2.34. The van der Waals surface area contributed by atoms with Crippen LogP contribution in [0.3, 0.4) is 0 Å². The SMILES string of the molecule is COc1ccc2c(c1)c(OCCOc1c(Cl)cccc1Cl)nn2S(=O)(=O)c1ccc(C(C)(C)C)cc1. The second-order valence-corrected chi connectivity index (χ2v) is 11.6. The van der Waals surface area contributed by atoms with E-state index in [0.717, 1.165) is 9.65 Å². The van der Waals surface area contributed by atoms with E-state index in [4.69, 9.17) is 37.4 Å². The molecule has 7 nitrogen and oxygen atoms in total. The summed E-state index contributed by atoms with van der Waals surface area (Å²) in [5.41, 5.74) is 1.29. The van der Waals surface area contributed by atoms with E-state index in [1.165, 1.54) is 7.11 Å². The summed E-state index contributed by atoms with van der Waals surface area (Å²) in [6, 6.07) is 16.9. The molecule has 0 amide bonds. The summed E-state index contributed by atoms with van der Waals surface area (Å²) in [5, 5.41) is 5.55. The maximum absolute atomic E-state index is 13.5. The van der Waals surface area contributed by atoms with E-state index in [1.54, 1.807) is 48.5 Å². The molecule has 1 aromatic heterocycles. The minimum Gasteiger partial charge on any atom is -0.497 e. The van der Waals surface area contributed by atoms with Crippen LogP contribution in [-0.2, 0) is 15.4 Å². The lowest BCUT2D eigenvalue weighted by Gasteiger charge is -2.19. The van der Waals surface area contributed by atoms with Crippen molar-refractivity contribution < 1.29 is 22.6 Å². The number of para-hydroxylation sites is 1. The lowest BCUT2D eigenvalue weighted by Crippen LogP contribution is -2.16. The Labute approximate surface area is 220 Å². The van der Waals surface area contributed by atoms with Crippen molar-refractivity contribution in [3.8, 4) is 17.4 Å². The maximum atomic E-state index is 13.5. The molecule has 1 heterocycles. The van der Waals surface area contributed by atoms with Crippen LogP contribution >= 0.6 is 23.2 Å². The number of ether oxygens (including phenoxy) is 3. The molecule has 0 bridgehead atoms. The van der Waals surface area contributed by atoms with Crippen LogP contribution in [-0.4, -0.2) is 37.9 Å². The Bertz CT molecular complexity index is 1470. The van der Waals surface area contributed by atoms with E-state index < -0.39 is 10.0 Å². The lowest BCUT2D eigenvalue weighted by molar-refractivity contribution is 0.213. The molecule has 0 saturated heterocycles. The van der Waals surface area contributed by atoms with E-state index >= 15 is 0 Å². The smallest absolute Gasteiger partial charge is 0.283 e. The van der Waals surface area contributed by atoms with Crippen LogP contribution in [0.2, 0.25) is 10.0 Å². The van der Waals surface area contributed by atoms with Gasteiger partial charge in [-0.15, -0.1) is 9.19 Å². The minimum atomic E-state index is -3.99. The Hall–Kier alpha value is -2.94. The standard InChI is InChI=1S/C26H26Cl2N2O5S/c1-26(2,3)17-8-11-19(12-9-17)36(31,32)30-23-13-10-18(33-4)16-20(23)25(29-30)35-15-14-34-24-21(27)6-5-7-22(24)28/h5-13,16H,14-15H2,1-4H3. The summed E-state index contributed by atoms with van der Waals surface area (Å²) >= 11 is 12.3. The van der Waals surface area contributed by atoms with Crippen molar-refractivity contribution in [1.29, 1.82) is 0 Å². The number of benzene rings is 3. The van der Waals surface area contributed by atoms with E-state index in [2.05, 4.69) is 25.9 Å². The quantitative estimate of drug-likeness (QED) is 0.239. The van der Waals surface area contributed by atoms with E-state index in [1.807, 2.05) is 12.1 Å². The number of rotatable bonds is 8. The summed E-state index contributed by atoms with van der Waals surface area (Å²) in [5.74, 6) is 1.02. The molecule has 0 atom stereocenters. The van der Waals surface area contributed by atoms with E-state index in [-0.39, 0.29) is 29.4 Å². The van der Waals surface area contributed by atoms with Crippen molar-refractivity contribution in [2.75, 3.05) is 20.3 Å². The van der Waals surface area contributed by atoms with Gasteiger partial charge in [0.05, 0.1) is 33.0 Å². The Morgan fingerprint density at radius 2 is 1.56 bits per heavy atom. The molecule has 3 aromatic carbocycles. The second kappa shape index (κ2) is 10.2. The molecule has 0 N–H and O–H groups in total. The number of hydrogen-bond acceptors (Lipinski definition) is 6. The van der Waals surface area contributed by atoms with Crippen molar-refractivity contribution in [2.45, 2.75) is 31.1 Å². The predicted molar refractivity (Wildman–Crippen MR) is 141 cm³/mol. The number of aromatic nitrogens is 2. The predicted octanol–water partition coefficient (Wildman–Crippen LogP) is 6.34. The van der Waals surface area contributed by atoms with Crippen LogP contribution in [0.4, 0.5) is 0 Å². The third-order valence-electron chi connectivity index (χ3n) is 5.56. The highest BCUT2D eigenvalue weighted by atomic mass is 35.5. The van der Waals surface area contributed by atoms with Gasteiger partial charge in [0, 0.05) is 0 Å². The molecule has 0 aliphatic carbocycles. The van der Waals surface area contributed by atoms with Crippen LogP contribution in [0.5, 0.6) is 17.4 Å². The third kappa shape index (κ3) is 5.26. The molecule has 0 unspecified atom stereocenters. The van der Waals surface area contributed by atoms with Gasteiger partial charge in [0.25, 0.3) is 10.0 Å². The molecule has 4 aromatic rings. The first kappa shape index (κ1) is 26.1. The highest BCUT2D eigenvalue weighted by molar-refractivity contribution is 7.90. The number of hydrogen-bond donors (Lipinski definition) is 0. The monoisotopic (exact) mass is 548 g/mol. The first-order valence-electron chi connectivity index (χ1n) is 11.1. The molecule has 0 radical (unpaired) electrons. The van der Waals surface area contributed by atoms with Crippen molar-refractivity contribution in [2.24, 2.45) is 0 Å². The van der Waals surface area contributed by atoms with Crippen LogP contribution in [0.1, 0.15) is 26.3 Å². The topological polar surface area (TPSA) is 79.7 Å². The summed E-state index contributed by atoms with van der Waals surface area (Å²) < 4.78 is 44.8. The fourth-order valence-corrected chi connectivity index (χ4v) is 5.38. The number of nitrogens with zero attached hydrogens (tertiary/aromatic N) is 2. The normalized spacial score (nSPS) is 12.1. The third-order valence-corrected chi connectivity index (χ3v) is 7.75. The molecule has 4 rings (SSSR count). The van der Waals surface area contributed by atoms with Gasteiger partial charge in [0.15, 0.2) is 5.75 Å². The average molecular weight is 549 g/mol. The largest absolute Gasteiger partial charge is 0.497 e. The maximum Gasteiger partial charge on any atom is 0.283 e. The second-order valence-electron chi connectivity index (χ2n) is 9.06. The van der Waals surface area contributed by atoms with Crippen LogP contribution in [0.15, 0.2) is 65.6 Å². The van der Waals surface area contributed by atoms with Crippen molar-refractivity contribution in [3.63, 3.8) is 0 Å². The van der Waals surface area contributed by atoms with Gasteiger partial charge in [-0.25, -0.2) is 0 Å². The molecule has 190 valence electrons. The van der Waals surface area contributed by atoms with Gasteiger partial charge in [0.2, 0.25) is 5.88 Å². The highest BCUT2D eigenvalue weighted by Gasteiger charge is 2.25. The average Bonchev–Trinajstić information content (AvgIpc) is 3.21. The lowest BCUT2D eigenvalue weighted by atomic mass is 9.87. The van der Waals surface area contributed by atoms with Crippen molar-refractivity contribution in [1.82, 2.24) is 9.19 Å². The number of fused-ring (bicyclic) bond motifs is 1. The van der Waals surface area contributed by atoms with Crippen molar-refractivity contribution >= 4 is 44.1 Å². The minimum absolute atomic E-state index is 0.0746. The molecular formula is C26H26Cl2N2O5S. The summed E-state index contributed by atoms with van der Waals surface area (Å²) in [7, 11) is -2.46. The molecule has 0 spiro atoms. The Morgan fingerprint density at radius 1 is 0.917 bits per heavy atom. The van der Waals surface area contributed by atoms with Gasteiger partial charge in [-0.2, -0.15) is 8.42 Å². The van der Waals surface area contributed by atoms with Gasteiger partial charge >= 0.3 is 0 Å². The number of methoxy groups -OCH3 is 1. The fourth-order valence-electron chi connectivity index (χ4n) is 3.59. The summed E-state index contributed by atoms with van der Waals surface area (Å²) in [6.07, 6.45) is 0. The van der Waals surface area contributed by atoms with Gasteiger partial charge in [0.1, 0.15) is 19.0 Å². The number of halogens is 2. The van der Waals surface area contributed by atoms with Crippen molar-refractivity contribution in [3.05, 3.63) is 76.3 Å². The fraction of sp³-hybridized carbons (Fsp3) is 0.269. The first-order valence-corrected chi connectivity index (χ1v) is 13.3. The summed E-state index contributed by atoms with van der Waals surface area (Å²) in [6.45, 7) is 6.39. The molecule has 0 saturated carbocycles. The zero-order valence-electron chi connectivity index (χ0n) is 20.3. The Balaban J connectivity index is 1.63. The van der Waals surface area contributed by atoms with Crippen LogP contribution < -0.4 is 14.2 Å². The van der Waals surface area contributed by atoms with Gasteiger partial charge in [-0.05, 0) is 53.4 Å². The molecule has 0 aliphatic rings. The zero-order chi connectivity index (χ0) is 26.1. The van der Waals surface area contributed by atoms with E-state index in [9.17, 15) is 8.42 Å². The molecule has 36 heavy (non-hydrogen) atoms. The Morgan fingerprint density at radius 3 is 2.17 bits per heavy atom. The summed E-state index contributed by atoms with van der Waals surface area (Å²) in [4.78, 5) is 0.124.